The van der Waals surface area contributed by atoms with Crippen LogP contribution in [0.2, 0.25) is 0 Å². The number of hydrogen-bond acceptors (Lipinski definition) is 3. The first-order valence-electron chi connectivity index (χ1n) is 7.73. The number of methoxy groups -OCH3 is 1. The molecule has 1 atom stereocenters. The number of aryl methyl sites for hydroxylation is 2. The smallest absolute Gasteiger partial charge is 0.265 e. The molecule has 0 spiro atoms. The van der Waals surface area contributed by atoms with Gasteiger partial charge in [-0.1, -0.05) is 36.8 Å². The van der Waals surface area contributed by atoms with E-state index >= 15 is 0 Å². The molecule has 0 unspecified atom stereocenters. The maximum Gasteiger partial charge on any atom is 0.265 e. The topological polar surface area (TPSA) is 47.6 Å². The zero-order chi connectivity index (χ0) is 16.8. The van der Waals surface area contributed by atoms with E-state index < -0.39 is 6.10 Å². The lowest BCUT2D eigenvalue weighted by Crippen LogP contribution is -2.32. The monoisotopic (exact) mass is 313 g/mol. The van der Waals surface area contributed by atoms with E-state index in [0.29, 0.717) is 17.9 Å². The van der Waals surface area contributed by atoms with E-state index in [4.69, 9.17) is 9.47 Å². The minimum atomic E-state index is -0.577. The number of amides is 1. The molecule has 2 aromatic carbocycles. The van der Waals surface area contributed by atoms with Crippen molar-refractivity contribution in [2.45, 2.75) is 33.3 Å². The summed E-state index contributed by atoms with van der Waals surface area (Å²) in [5.74, 6) is 1.02. The van der Waals surface area contributed by atoms with Gasteiger partial charge in [0.05, 0.1) is 7.11 Å². The average Bonchev–Trinajstić information content (AvgIpc) is 2.55. The molecular weight excluding hydrogens is 290 g/mol. The number of carbonyl (C=O) groups excluding carboxylic acids is 1. The quantitative estimate of drug-likeness (QED) is 0.873. The predicted octanol–water partition coefficient (Wildman–Crippen LogP) is 4.11. The van der Waals surface area contributed by atoms with Crippen LogP contribution in [0, 0.1) is 13.8 Å². The number of para-hydroxylation sites is 2. The number of ether oxygens (including phenoxy) is 2. The maximum absolute atomic E-state index is 12.5. The number of carbonyl (C=O) groups is 1. The summed E-state index contributed by atoms with van der Waals surface area (Å²) in [5, 5.41) is 2.94. The summed E-state index contributed by atoms with van der Waals surface area (Å²) in [5.41, 5.74) is 3.01. The van der Waals surface area contributed by atoms with Crippen LogP contribution in [-0.4, -0.2) is 19.1 Å². The second-order valence-electron chi connectivity index (χ2n) is 5.47. The Hall–Kier alpha value is -2.49. The maximum atomic E-state index is 12.5. The van der Waals surface area contributed by atoms with Crippen LogP contribution in [0.4, 0.5) is 5.69 Å². The molecule has 0 heterocycles. The van der Waals surface area contributed by atoms with Gasteiger partial charge in [0.15, 0.2) is 17.6 Å². The van der Waals surface area contributed by atoms with E-state index in [0.717, 1.165) is 16.8 Å². The highest BCUT2D eigenvalue weighted by atomic mass is 16.5. The van der Waals surface area contributed by atoms with Crippen molar-refractivity contribution >= 4 is 11.6 Å². The summed E-state index contributed by atoms with van der Waals surface area (Å²) >= 11 is 0. The number of nitrogens with one attached hydrogen (secondary N) is 1. The van der Waals surface area contributed by atoms with Gasteiger partial charge < -0.3 is 14.8 Å². The molecule has 0 saturated carbocycles. The van der Waals surface area contributed by atoms with E-state index in [1.807, 2.05) is 57.2 Å². The summed E-state index contributed by atoms with van der Waals surface area (Å²) < 4.78 is 11.1. The Kier molecular flexibility index (Phi) is 5.63. The number of anilines is 1. The van der Waals surface area contributed by atoms with Crippen molar-refractivity contribution in [3.05, 3.63) is 53.6 Å². The van der Waals surface area contributed by atoms with Gasteiger partial charge in [-0.25, -0.2) is 0 Å². The summed E-state index contributed by atoms with van der Waals surface area (Å²) in [7, 11) is 1.58. The number of benzene rings is 2. The van der Waals surface area contributed by atoms with E-state index in [2.05, 4.69) is 5.32 Å². The first-order valence-corrected chi connectivity index (χ1v) is 7.73. The zero-order valence-electron chi connectivity index (χ0n) is 14.1. The lowest BCUT2D eigenvalue weighted by molar-refractivity contribution is -0.122. The van der Waals surface area contributed by atoms with Crippen molar-refractivity contribution in [3.8, 4) is 11.5 Å². The van der Waals surface area contributed by atoms with E-state index in [-0.39, 0.29) is 5.91 Å². The van der Waals surface area contributed by atoms with Gasteiger partial charge >= 0.3 is 0 Å². The highest BCUT2D eigenvalue weighted by molar-refractivity contribution is 5.95. The predicted molar refractivity (Wildman–Crippen MR) is 92.2 cm³/mol. The van der Waals surface area contributed by atoms with Crippen LogP contribution in [0.3, 0.4) is 0 Å². The Morgan fingerprint density at radius 1 is 1.13 bits per heavy atom. The average molecular weight is 313 g/mol. The zero-order valence-corrected chi connectivity index (χ0v) is 14.1. The van der Waals surface area contributed by atoms with Crippen LogP contribution in [-0.2, 0) is 4.79 Å². The summed E-state index contributed by atoms with van der Waals surface area (Å²) in [6, 6.07) is 13.3. The molecule has 0 saturated heterocycles. The van der Waals surface area contributed by atoms with Gasteiger partial charge in [-0.05, 0) is 44.0 Å². The Balaban J connectivity index is 2.12. The van der Waals surface area contributed by atoms with Crippen molar-refractivity contribution in [3.63, 3.8) is 0 Å². The second-order valence-corrected chi connectivity index (χ2v) is 5.47. The Morgan fingerprint density at radius 3 is 2.43 bits per heavy atom. The van der Waals surface area contributed by atoms with Gasteiger partial charge in [0.1, 0.15) is 0 Å². The molecular formula is C19H23NO3. The molecule has 0 radical (unpaired) electrons. The van der Waals surface area contributed by atoms with Crippen molar-refractivity contribution < 1.29 is 14.3 Å². The van der Waals surface area contributed by atoms with Crippen molar-refractivity contribution in [1.29, 1.82) is 0 Å². The van der Waals surface area contributed by atoms with Crippen LogP contribution in [0.5, 0.6) is 11.5 Å². The van der Waals surface area contributed by atoms with Crippen LogP contribution < -0.4 is 14.8 Å². The third kappa shape index (κ3) is 4.25. The Bertz CT molecular complexity index is 682. The molecule has 0 fully saturated rings. The molecule has 1 amide bonds. The molecule has 122 valence electrons. The third-order valence-corrected chi connectivity index (χ3v) is 3.64. The number of rotatable bonds is 6. The minimum Gasteiger partial charge on any atom is -0.493 e. The molecule has 4 heteroatoms. The summed E-state index contributed by atoms with van der Waals surface area (Å²) in [6.45, 7) is 5.92. The lowest BCUT2D eigenvalue weighted by Gasteiger charge is -2.19. The van der Waals surface area contributed by atoms with Gasteiger partial charge in [0, 0.05) is 5.69 Å². The molecule has 0 aliphatic rings. The molecule has 0 aliphatic heterocycles. The third-order valence-electron chi connectivity index (χ3n) is 3.64. The minimum absolute atomic E-state index is 0.162. The SMILES string of the molecule is CC[C@@H](Oc1ccccc1OC)C(=O)Nc1ccc(C)cc1C. The normalized spacial score (nSPS) is 11.7. The molecule has 0 bridgehead atoms. The highest BCUT2D eigenvalue weighted by Crippen LogP contribution is 2.27. The highest BCUT2D eigenvalue weighted by Gasteiger charge is 2.20. The van der Waals surface area contributed by atoms with E-state index in [9.17, 15) is 4.79 Å². The van der Waals surface area contributed by atoms with Crippen molar-refractivity contribution in [2.24, 2.45) is 0 Å². The van der Waals surface area contributed by atoms with Crippen molar-refractivity contribution in [1.82, 2.24) is 0 Å². The van der Waals surface area contributed by atoms with Crippen LogP contribution >= 0.6 is 0 Å². The molecule has 4 nitrogen and oxygen atoms in total. The molecule has 2 aromatic rings. The largest absolute Gasteiger partial charge is 0.493 e. The molecule has 23 heavy (non-hydrogen) atoms. The van der Waals surface area contributed by atoms with Crippen LogP contribution in [0.25, 0.3) is 0 Å². The lowest BCUT2D eigenvalue weighted by atomic mass is 10.1. The molecule has 2 rings (SSSR count). The molecule has 1 N–H and O–H groups in total. The van der Waals surface area contributed by atoms with Gasteiger partial charge in [0.2, 0.25) is 0 Å². The first-order chi connectivity index (χ1) is 11.0. The van der Waals surface area contributed by atoms with Gasteiger partial charge in [0.25, 0.3) is 5.91 Å². The van der Waals surface area contributed by atoms with Gasteiger partial charge in [-0.3, -0.25) is 4.79 Å². The Morgan fingerprint density at radius 2 is 1.83 bits per heavy atom. The van der Waals surface area contributed by atoms with E-state index in [1.54, 1.807) is 13.2 Å². The first kappa shape index (κ1) is 16.9. The van der Waals surface area contributed by atoms with Crippen molar-refractivity contribution in [2.75, 3.05) is 12.4 Å². The molecule has 0 aromatic heterocycles. The molecule has 0 aliphatic carbocycles. The summed E-state index contributed by atoms with van der Waals surface area (Å²) in [4.78, 5) is 12.5. The fraction of sp³-hybridized carbons (Fsp3) is 0.316. The Labute approximate surface area is 137 Å². The number of hydrogen-bond donors (Lipinski definition) is 1. The van der Waals surface area contributed by atoms with Gasteiger partial charge in [-0.15, -0.1) is 0 Å². The van der Waals surface area contributed by atoms with Crippen LogP contribution in [0.15, 0.2) is 42.5 Å². The van der Waals surface area contributed by atoms with Crippen LogP contribution in [0.1, 0.15) is 24.5 Å². The fourth-order valence-electron chi connectivity index (χ4n) is 2.36. The standard InChI is InChI=1S/C19H23NO3/c1-5-16(23-18-9-7-6-8-17(18)22-4)19(21)20-15-11-10-13(2)12-14(15)3/h6-12,16H,5H2,1-4H3,(H,20,21)/t16-/m1/s1. The second kappa shape index (κ2) is 7.68. The van der Waals surface area contributed by atoms with Gasteiger partial charge in [-0.2, -0.15) is 0 Å². The van der Waals surface area contributed by atoms with E-state index in [1.165, 1.54) is 0 Å². The fourth-order valence-corrected chi connectivity index (χ4v) is 2.36. The summed E-state index contributed by atoms with van der Waals surface area (Å²) in [6.07, 6.45) is -0.0126.